The van der Waals surface area contributed by atoms with Crippen molar-refractivity contribution in [3.05, 3.63) is 34.7 Å². The summed E-state index contributed by atoms with van der Waals surface area (Å²) in [6.45, 7) is 4.34. The fourth-order valence-corrected chi connectivity index (χ4v) is 2.71. The first-order chi connectivity index (χ1) is 11.0. The molecule has 1 unspecified atom stereocenters. The summed E-state index contributed by atoms with van der Waals surface area (Å²) >= 11 is 0. The smallest absolute Gasteiger partial charge is 0.203 e. The highest BCUT2D eigenvalue weighted by Gasteiger charge is 2.21. The molecule has 0 saturated heterocycles. The molecule has 0 amide bonds. The Labute approximate surface area is 136 Å². The minimum Gasteiger partial charge on any atom is -0.493 e. The van der Waals surface area contributed by atoms with Crippen LogP contribution < -0.4 is 19.9 Å². The molecular weight excluding hydrogens is 296 g/mol. The maximum atomic E-state index is 6.01. The number of hydrogen-bond donors (Lipinski definition) is 1. The van der Waals surface area contributed by atoms with Crippen molar-refractivity contribution in [1.29, 1.82) is 0 Å². The summed E-state index contributed by atoms with van der Waals surface area (Å²) in [7, 11) is 4.80. The normalized spacial score (nSPS) is 12.1. The summed E-state index contributed by atoms with van der Waals surface area (Å²) < 4.78 is 21.4. The molecule has 0 saturated carbocycles. The second-order valence-corrected chi connectivity index (χ2v) is 5.40. The van der Waals surface area contributed by atoms with Crippen molar-refractivity contribution < 1.29 is 18.7 Å². The molecule has 23 heavy (non-hydrogen) atoms. The molecule has 0 aliphatic heterocycles. The number of rotatable bonds is 7. The van der Waals surface area contributed by atoms with Gasteiger partial charge in [0, 0.05) is 11.5 Å². The quantitative estimate of drug-likeness (QED) is 0.844. The van der Waals surface area contributed by atoms with Gasteiger partial charge >= 0.3 is 0 Å². The van der Waals surface area contributed by atoms with Crippen LogP contribution in [0.4, 0.5) is 0 Å². The van der Waals surface area contributed by atoms with Crippen molar-refractivity contribution in [2.45, 2.75) is 26.2 Å². The van der Waals surface area contributed by atoms with Gasteiger partial charge < -0.3 is 24.5 Å². The number of aryl methyl sites for hydroxylation is 2. The van der Waals surface area contributed by atoms with Crippen LogP contribution in [0.15, 0.2) is 16.7 Å². The molecule has 1 aromatic heterocycles. The second kappa shape index (κ2) is 7.37. The molecule has 2 aromatic rings. The zero-order valence-electron chi connectivity index (χ0n) is 14.3. The molecule has 1 atom stereocenters. The van der Waals surface area contributed by atoms with E-state index in [-0.39, 0.29) is 5.92 Å². The van der Waals surface area contributed by atoms with Crippen LogP contribution >= 0.6 is 0 Å². The molecular formula is C17H24N2O4. The van der Waals surface area contributed by atoms with Crippen molar-refractivity contribution in [3.8, 4) is 17.2 Å². The van der Waals surface area contributed by atoms with Gasteiger partial charge in [-0.3, -0.25) is 0 Å². The first-order valence-electron chi connectivity index (χ1n) is 7.47. The van der Waals surface area contributed by atoms with Crippen LogP contribution in [0.25, 0.3) is 0 Å². The summed E-state index contributed by atoms with van der Waals surface area (Å²) in [5, 5.41) is 4.01. The fraction of sp³-hybridized carbons (Fsp3) is 0.471. The van der Waals surface area contributed by atoms with Gasteiger partial charge in [0.25, 0.3) is 0 Å². The highest BCUT2D eigenvalue weighted by molar-refractivity contribution is 5.54. The van der Waals surface area contributed by atoms with Gasteiger partial charge in [-0.1, -0.05) is 5.16 Å². The molecule has 0 spiro atoms. The van der Waals surface area contributed by atoms with Crippen molar-refractivity contribution >= 4 is 0 Å². The van der Waals surface area contributed by atoms with Gasteiger partial charge in [0.15, 0.2) is 11.5 Å². The van der Waals surface area contributed by atoms with Crippen LogP contribution in [-0.4, -0.2) is 33.0 Å². The highest BCUT2D eigenvalue weighted by atomic mass is 16.5. The predicted molar refractivity (Wildman–Crippen MR) is 87.6 cm³/mol. The van der Waals surface area contributed by atoms with E-state index in [2.05, 4.69) is 5.16 Å². The van der Waals surface area contributed by atoms with E-state index in [1.165, 1.54) is 0 Å². The van der Waals surface area contributed by atoms with Gasteiger partial charge in [-0.15, -0.1) is 0 Å². The van der Waals surface area contributed by atoms with E-state index in [0.29, 0.717) is 23.8 Å². The molecule has 0 aliphatic carbocycles. The molecule has 126 valence electrons. The number of hydrogen-bond acceptors (Lipinski definition) is 6. The van der Waals surface area contributed by atoms with Crippen LogP contribution in [0.1, 0.15) is 28.5 Å². The van der Waals surface area contributed by atoms with E-state index in [1.54, 1.807) is 21.3 Å². The number of methoxy groups -OCH3 is 3. The first kappa shape index (κ1) is 17.1. The van der Waals surface area contributed by atoms with Crippen molar-refractivity contribution in [2.24, 2.45) is 5.73 Å². The van der Waals surface area contributed by atoms with Gasteiger partial charge in [0.05, 0.1) is 27.0 Å². The lowest BCUT2D eigenvalue weighted by atomic mass is 9.91. The second-order valence-electron chi connectivity index (χ2n) is 5.40. The molecule has 6 heteroatoms. The minimum atomic E-state index is 0.0977. The van der Waals surface area contributed by atoms with Gasteiger partial charge in [0.1, 0.15) is 5.76 Å². The average Bonchev–Trinajstić information content (AvgIpc) is 2.89. The van der Waals surface area contributed by atoms with Gasteiger partial charge in [-0.25, -0.2) is 0 Å². The Hall–Kier alpha value is -2.21. The lowest BCUT2D eigenvalue weighted by molar-refractivity contribution is 0.323. The summed E-state index contributed by atoms with van der Waals surface area (Å²) in [5.74, 6) is 2.75. The Morgan fingerprint density at radius 1 is 1.09 bits per heavy atom. The number of aromatic nitrogens is 1. The Morgan fingerprint density at radius 3 is 2.09 bits per heavy atom. The van der Waals surface area contributed by atoms with Crippen molar-refractivity contribution in [3.63, 3.8) is 0 Å². The molecule has 1 heterocycles. The van der Waals surface area contributed by atoms with Gasteiger partial charge in [-0.2, -0.15) is 0 Å². The Bertz CT molecular complexity index is 622. The predicted octanol–water partition coefficient (Wildman–Crippen LogP) is 2.60. The van der Waals surface area contributed by atoms with Gasteiger partial charge in [-0.05, 0) is 44.5 Å². The van der Waals surface area contributed by atoms with Crippen LogP contribution in [0.3, 0.4) is 0 Å². The highest BCUT2D eigenvalue weighted by Crippen LogP contribution is 2.40. The Balaban J connectivity index is 2.41. The monoisotopic (exact) mass is 320 g/mol. The van der Waals surface area contributed by atoms with Crippen molar-refractivity contribution in [2.75, 3.05) is 27.9 Å². The number of nitrogens with two attached hydrogens (primary N) is 1. The Morgan fingerprint density at radius 2 is 1.70 bits per heavy atom. The summed E-state index contributed by atoms with van der Waals surface area (Å²) in [4.78, 5) is 0. The van der Waals surface area contributed by atoms with Crippen LogP contribution in [0.2, 0.25) is 0 Å². The zero-order chi connectivity index (χ0) is 17.0. The number of nitrogens with zero attached hydrogens (tertiary/aromatic N) is 1. The first-order valence-corrected chi connectivity index (χ1v) is 7.47. The number of ether oxygens (including phenoxy) is 3. The van der Waals surface area contributed by atoms with E-state index in [4.69, 9.17) is 24.5 Å². The largest absolute Gasteiger partial charge is 0.493 e. The molecule has 0 fully saturated rings. The molecule has 2 N–H and O–H groups in total. The van der Waals surface area contributed by atoms with E-state index in [9.17, 15) is 0 Å². The van der Waals surface area contributed by atoms with Gasteiger partial charge in [0.2, 0.25) is 5.75 Å². The lowest BCUT2D eigenvalue weighted by Crippen LogP contribution is -2.16. The molecule has 0 bridgehead atoms. The maximum Gasteiger partial charge on any atom is 0.203 e. The zero-order valence-corrected chi connectivity index (χ0v) is 14.3. The lowest BCUT2D eigenvalue weighted by Gasteiger charge is -2.19. The van der Waals surface area contributed by atoms with Crippen molar-refractivity contribution in [1.82, 2.24) is 5.16 Å². The number of benzene rings is 1. The standard InChI is InChI=1S/C17H24N2O4/c1-10-14(11(2)23-19-10)6-13(9-18)12-7-15(20-3)17(22-5)16(8-12)21-4/h7-8,13H,6,9,18H2,1-5H3. The van der Waals surface area contributed by atoms with Crippen LogP contribution in [0.5, 0.6) is 17.2 Å². The SMILES string of the molecule is COc1cc(C(CN)Cc2c(C)noc2C)cc(OC)c1OC. The summed E-state index contributed by atoms with van der Waals surface area (Å²) in [6.07, 6.45) is 0.746. The molecule has 1 aromatic carbocycles. The third kappa shape index (κ3) is 3.42. The fourth-order valence-electron chi connectivity index (χ4n) is 2.71. The minimum absolute atomic E-state index is 0.0977. The third-order valence-corrected chi connectivity index (χ3v) is 4.07. The van der Waals surface area contributed by atoms with E-state index in [1.807, 2.05) is 26.0 Å². The van der Waals surface area contributed by atoms with E-state index in [0.717, 1.165) is 29.0 Å². The molecule has 0 radical (unpaired) electrons. The molecule has 2 rings (SSSR count). The summed E-state index contributed by atoms with van der Waals surface area (Å²) in [6, 6.07) is 3.88. The summed E-state index contributed by atoms with van der Waals surface area (Å²) in [5.41, 5.74) is 9.03. The molecule has 0 aliphatic rings. The third-order valence-electron chi connectivity index (χ3n) is 4.07. The van der Waals surface area contributed by atoms with E-state index >= 15 is 0 Å². The maximum absolute atomic E-state index is 6.01. The molecule has 6 nitrogen and oxygen atoms in total. The average molecular weight is 320 g/mol. The van der Waals surface area contributed by atoms with E-state index < -0.39 is 0 Å². The van der Waals surface area contributed by atoms with Crippen LogP contribution in [-0.2, 0) is 6.42 Å². The Kier molecular flexibility index (Phi) is 5.50. The topological polar surface area (TPSA) is 79.7 Å². The van der Waals surface area contributed by atoms with Crippen LogP contribution in [0, 0.1) is 13.8 Å².